The first-order valence-corrected chi connectivity index (χ1v) is 7.72. The number of piperidine rings is 1. The molecule has 2 N–H and O–H groups in total. The number of hydrogen-bond acceptors (Lipinski definition) is 3. The largest absolute Gasteiger partial charge is 0.346 e. The van der Waals surface area contributed by atoms with E-state index in [9.17, 15) is 4.79 Å². The Labute approximate surface area is 118 Å². The summed E-state index contributed by atoms with van der Waals surface area (Å²) >= 11 is 0. The quantitative estimate of drug-likeness (QED) is 0.763. The van der Waals surface area contributed by atoms with E-state index in [4.69, 9.17) is 5.73 Å². The molecule has 1 saturated heterocycles. The smallest absolute Gasteiger partial charge is 0.225 e. The summed E-state index contributed by atoms with van der Waals surface area (Å²) in [6, 6.07) is 0. The van der Waals surface area contributed by atoms with Crippen LogP contribution in [0.3, 0.4) is 0 Å². The number of likely N-dealkylation sites (tertiary alicyclic amines) is 1. The maximum atomic E-state index is 12.3. The summed E-state index contributed by atoms with van der Waals surface area (Å²) in [6.07, 6.45) is 4.30. The molecule has 1 aliphatic heterocycles. The molecule has 1 amide bonds. The standard InChI is InChI=1S/C15H31N3O/c1-13(2)5-4-9-17(3)15(19)14-6-10-18(11-7-14)12-8-16/h13-14H,4-12,16H2,1-3H3. The summed E-state index contributed by atoms with van der Waals surface area (Å²) in [5.74, 6) is 1.30. The molecule has 0 aromatic carbocycles. The van der Waals surface area contributed by atoms with Gasteiger partial charge >= 0.3 is 0 Å². The summed E-state index contributed by atoms with van der Waals surface area (Å²) in [7, 11) is 1.95. The molecule has 1 heterocycles. The van der Waals surface area contributed by atoms with Crippen molar-refractivity contribution in [3.05, 3.63) is 0 Å². The zero-order valence-corrected chi connectivity index (χ0v) is 12.9. The topological polar surface area (TPSA) is 49.6 Å². The van der Waals surface area contributed by atoms with Crippen LogP contribution in [0, 0.1) is 11.8 Å². The average molecular weight is 269 g/mol. The Morgan fingerprint density at radius 2 is 2.00 bits per heavy atom. The van der Waals surface area contributed by atoms with E-state index in [1.54, 1.807) is 0 Å². The molecule has 112 valence electrons. The Bertz CT molecular complexity index is 260. The van der Waals surface area contributed by atoms with Crippen molar-refractivity contribution < 1.29 is 4.79 Å². The zero-order valence-electron chi connectivity index (χ0n) is 12.9. The van der Waals surface area contributed by atoms with Crippen molar-refractivity contribution in [3.63, 3.8) is 0 Å². The van der Waals surface area contributed by atoms with E-state index in [2.05, 4.69) is 18.7 Å². The summed E-state index contributed by atoms with van der Waals surface area (Å²) in [5.41, 5.74) is 5.56. The molecule has 0 unspecified atom stereocenters. The Kier molecular flexibility index (Phi) is 7.39. The highest BCUT2D eigenvalue weighted by Crippen LogP contribution is 2.19. The van der Waals surface area contributed by atoms with Crippen LogP contribution in [0.15, 0.2) is 0 Å². The minimum atomic E-state index is 0.234. The number of carbonyl (C=O) groups excluding carboxylic acids is 1. The van der Waals surface area contributed by atoms with Gasteiger partial charge < -0.3 is 15.5 Å². The molecule has 0 aliphatic carbocycles. The van der Waals surface area contributed by atoms with Gasteiger partial charge in [-0.25, -0.2) is 0 Å². The van der Waals surface area contributed by atoms with Gasteiger partial charge in [-0.1, -0.05) is 13.8 Å². The first kappa shape index (κ1) is 16.4. The fraction of sp³-hybridized carbons (Fsp3) is 0.933. The number of carbonyl (C=O) groups is 1. The third-order valence-corrected chi connectivity index (χ3v) is 4.03. The number of nitrogens with zero attached hydrogens (tertiary/aromatic N) is 2. The summed E-state index contributed by atoms with van der Waals surface area (Å²) in [5, 5.41) is 0. The van der Waals surface area contributed by atoms with Crippen LogP contribution in [0.2, 0.25) is 0 Å². The second kappa shape index (κ2) is 8.54. The van der Waals surface area contributed by atoms with Gasteiger partial charge in [0.15, 0.2) is 0 Å². The van der Waals surface area contributed by atoms with E-state index in [0.29, 0.717) is 12.5 Å². The van der Waals surface area contributed by atoms with Gasteiger partial charge in [0.05, 0.1) is 0 Å². The molecule has 0 saturated carbocycles. The number of rotatable bonds is 7. The van der Waals surface area contributed by atoms with Crippen LogP contribution in [-0.2, 0) is 4.79 Å². The minimum Gasteiger partial charge on any atom is -0.346 e. The van der Waals surface area contributed by atoms with Crippen molar-refractivity contribution in [3.8, 4) is 0 Å². The fourth-order valence-corrected chi connectivity index (χ4v) is 2.74. The monoisotopic (exact) mass is 269 g/mol. The molecule has 0 aromatic rings. The molecule has 1 aliphatic rings. The lowest BCUT2D eigenvalue weighted by molar-refractivity contribution is -0.135. The predicted molar refractivity (Wildman–Crippen MR) is 79.9 cm³/mol. The minimum absolute atomic E-state index is 0.234. The second-order valence-corrected chi connectivity index (χ2v) is 6.20. The van der Waals surface area contributed by atoms with Crippen molar-refractivity contribution in [2.24, 2.45) is 17.6 Å². The Hall–Kier alpha value is -0.610. The van der Waals surface area contributed by atoms with E-state index in [0.717, 1.165) is 51.4 Å². The Morgan fingerprint density at radius 3 is 2.53 bits per heavy atom. The molecule has 1 fully saturated rings. The predicted octanol–water partition coefficient (Wildman–Crippen LogP) is 1.55. The van der Waals surface area contributed by atoms with Crippen LogP contribution in [0.25, 0.3) is 0 Å². The van der Waals surface area contributed by atoms with Gasteiger partial charge in [0.1, 0.15) is 0 Å². The van der Waals surface area contributed by atoms with Crippen molar-refractivity contribution in [2.75, 3.05) is 39.8 Å². The second-order valence-electron chi connectivity index (χ2n) is 6.20. The van der Waals surface area contributed by atoms with E-state index in [1.807, 2.05) is 11.9 Å². The van der Waals surface area contributed by atoms with Gasteiger partial charge in [-0.2, -0.15) is 0 Å². The molecule has 4 nitrogen and oxygen atoms in total. The number of amides is 1. The average Bonchev–Trinajstić information content (AvgIpc) is 2.38. The molecule has 1 rings (SSSR count). The Morgan fingerprint density at radius 1 is 1.37 bits per heavy atom. The number of nitrogens with two attached hydrogens (primary N) is 1. The highest BCUT2D eigenvalue weighted by Gasteiger charge is 2.26. The van der Waals surface area contributed by atoms with Crippen molar-refractivity contribution >= 4 is 5.91 Å². The van der Waals surface area contributed by atoms with Crippen LogP contribution in [0.1, 0.15) is 39.5 Å². The molecular weight excluding hydrogens is 238 g/mol. The molecular formula is C15H31N3O. The summed E-state index contributed by atoms with van der Waals surface area (Å²) < 4.78 is 0. The maximum absolute atomic E-state index is 12.3. The lowest BCUT2D eigenvalue weighted by Gasteiger charge is -2.33. The highest BCUT2D eigenvalue weighted by molar-refractivity contribution is 5.78. The summed E-state index contributed by atoms with van der Waals surface area (Å²) in [4.78, 5) is 16.6. The number of hydrogen-bond donors (Lipinski definition) is 1. The first-order valence-electron chi connectivity index (χ1n) is 7.72. The van der Waals surface area contributed by atoms with Gasteiger partial charge in [-0.3, -0.25) is 4.79 Å². The van der Waals surface area contributed by atoms with Gasteiger partial charge in [-0.05, 0) is 44.7 Å². The SMILES string of the molecule is CC(C)CCCN(C)C(=O)C1CCN(CCN)CC1. The van der Waals surface area contributed by atoms with Crippen molar-refractivity contribution in [2.45, 2.75) is 39.5 Å². The van der Waals surface area contributed by atoms with Crippen LogP contribution in [0.5, 0.6) is 0 Å². The molecule has 0 atom stereocenters. The van der Waals surface area contributed by atoms with E-state index < -0.39 is 0 Å². The normalized spacial score (nSPS) is 17.9. The van der Waals surface area contributed by atoms with Crippen LogP contribution < -0.4 is 5.73 Å². The van der Waals surface area contributed by atoms with Crippen LogP contribution in [0.4, 0.5) is 0 Å². The van der Waals surface area contributed by atoms with E-state index in [-0.39, 0.29) is 5.92 Å². The van der Waals surface area contributed by atoms with E-state index >= 15 is 0 Å². The summed E-state index contributed by atoms with van der Waals surface area (Å²) in [6.45, 7) is 9.09. The van der Waals surface area contributed by atoms with Crippen LogP contribution >= 0.6 is 0 Å². The lowest BCUT2D eigenvalue weighted by atomic mass is 9.95. The molecule has 4 heteroatoms. The van der Waals surface area contributed by atoms with Crippen LogP contribution in [-0.4, -0.2) is 55.5 Å². The first-order chi connectivity index (χ1) is 9.04. The zero-order chi connectivity index (χ0) is 14.3. The molecule has 0 spiro atoms. The van der Waals surface area contributed by atoms with Crippen molar-refractivity contribution in [1.29, 1.82) is 0 Å². The molecule has 0 radical (unpaired) electrons. The van der Waals surface area contributed by atoms with E-state index in [1.165, 1.54) is 6.42 Å². The highest BCUT2D eigenvalue weighted by atomic mass is 16.2. The van der Waals surface area contributed by atoms with Gasteiger partial charge in [-0.15, -0.1) is 0 Å². The Balaban J connectivity index is 2.26. The molecule has 0 bridgehead atoms. The van der Waals surface area contributed by atoms with Crippen molar-refractivity contribution in [1.82, 2.24) is 9.80 Å². The fourth-order valence-electron chi connectivity index (χ4n) is 2.74. The maximum Gasteiger partial charge on any atom is 0.225 e. The molecule has 19 heavy (non-hydrogen) atoms. The lowest BCUT2D eigenvalue weighted by Crippen LogP contribution is -2.42. The van der Waals surface area contributed by atoms with Gasteiger partial charge in [0, 0.05) is 32.6 Å². The van der Waals surface area contributed by atoms with Gasteiger partial charge in [0.25, 0.3) is 0 Å². The third kappa shape index (κ3) is 5.91. The van der Waals surface area contributed by atoms with Gasteiger partial charge in [0.2, 0.25) is 5.91 Å². The third-order valence-electron chi connectivity index (χ3n) is 4.03. The molecule has 0 aromatic heterocycles.